The van der Waals surface area contributed by atoms with Crippen LogP contribution >= 0.6 is 11.3 Å². The van der Waals surface area contributed by atoms with Crippen molar-refractivity contribution in [2.75, 3.05) is 23.3 Å². The molecule has 0 saturated carbocycles. The summed E-state index contributed by atoms with van der Waals surface area (Å²) in [4.78, 5) is 36.7. The highest BCUT2D eigenvalue weighted by Crippen LogP contribution is 2.28. The zero-order valence-electron chi connectivity index (χ0n) is 18.6. The van der Waals surface area contributed by atoms with Crippen molar-refractivity contribution < 1.29 is 4.79 Å². The molecule has 170 valence electrons. The molecule has 1 aliphatic heterocycles. The van der Waals surface area contributed by atoms with Gasteiger partial charge in [0.05, 0.1) is 28.6 Å². The molecule has 5 rings (SSSR count). The van der Waals surface area contributed by atoms with Gasteiger partial charge in [-0.05, 0) is 30.9 Å². The molecule has 0 atom stereocenters. The zero-order chi connectivity index (χ0) is 23.7. The van der Waals surface area contributed by atoms with Gasteiger partial charge in [-0.25, -0.2) is 19.6 Å². The number of benzene rings is 1. The Labute approximate surface area is 200 Å². The van der Waals surface area contributed by atoms with Gasteiger partial charge in [0.15, 0.2) is 5.13 Å². The number of anilines is 2. The Bertz CT molecular complexity index is 1470. The summed E-state index contributed by atoms with van der Waals surface area (Å²) >= 11 is 1.24. The molecule has 0 unspecified atom stereocenters. The van der Waals surface area contributed by atoms with Crippen LogP contribution in [0.15, 0.2) is 52.9 Å². The summed E-state index contributed by atoms with van der Waals surface area (Å²) in [6, 6.07) is 9.36. The predicted molar refractivity (Wildman–Crippen MR) is 134 cm³/mol. The smallest absolute Gasteiger partial charge is 0.335 e. The number of carbonyl (C=O) groups is 1. The van der Waals surface area contributed by atoms with E-state index in [2.05, 4.69) is 26.2 Å². The molecule has 0 radical (unpaired) electrons. The van der Waals surface area contributed by atoms with Crippen LogP contribution in [0.2, 0.25) is 12.6 Å². The van der Waals surface area contributed by atoms with Crippen LogP contribution in [0.5, 0.6) is 0 Å². The monoisotopic (exact) mass is 471 g/mol. The fourth-order valence-corrected chi connectivity index (χ4v) is 5.17. The van der Waals surface area contributed by atoms with Gasteiger partial charge in [0.2, 0.25) is 0 Å². The van der Waals surface area contributed by atoms with Crippen molar-refractivity contribution in [3.8, 4) is 11.1 Å². The number of para-hydroxylation sites is 2. The first-order chi connectivity index (χ1) is 16.6. The van der Waals surface area contributed by atoms with Crippen LogP contribution in [-0.4, -0.2) is 44.8 Å². The third-order valence-corrected chi connectivity index (χ3v) is 7.00. The van der Waals surface area contributed by atoms with Gasteiger partial charge >= 0.3 is 5.69 Å². The molecule has 1 amide bonds. The van der Waals surface area contributed by atoms with Crippen molar-refractivity contribution in [2.45, 2.75) is 19.1 Å². The Balaban J connectivity index is 1.40. The highest BCUT2D eigenvalue weighted by Gasteiger charge is 2.23. The summed E-state index contributed by atoms with van der Waals surface area (Å²) in [5.41, 5.74) is 3.03. The standard InChI is InChI=1S/C23H22BN7O2S/c1-29-19-5-2-3-6-20(19)31(23(29)33)22-28-17(14-34-22)21(32)27-16-13-26-10-7-18(16)30-11-4-8-24(15-25)9-12-30/h2-3,5-7,10,13-14H,4,8-9,11-12H2,1H3,(H,27,32). The molecule has 0 bridgehead atoms. The van der Waals surface area contributed by atoms with E-state index >= 15 is 0 Å². The topological polar surface area (TPSA) is 109 Å². The molecule has 9 nitrogen and oxygen atoms in total. The number of thiazole rings is 1. The van der Waals surface area contributed by atoms with Crippen molar-refractivity contribution in [1.82, 2.24) is 19.1 Å². The maximum Gasteiger partial charge on any atom is 0.335 e. The second-order valence-electron chi connectivity index (χ2n) is 8.27. The third-order valence-electron chi connectivity index (χ3n) is 6.18. The second-order valence-corrected chi connectivity index (χ2v) is 9.11. The van der Waals surface area contributed by atoms with Gasteiger partial charge in [0, 0.05) is 37.7 Å². The summed E-state index contributed by atoms with van der Waals surface area (Å²) in [7, 11) is 1.72. The number of carbonyl (C=O) groups excluding carboxylic acids is 1. The second kappa shape index (κ2) is 9.15. The molecule has 0 spiro atoms. The summed E-state index contributed by atoms with van der Waals surface area (Å²) < 4.78 is 3.09. The van der Waals surface area contributed by atoms with E-state index in [-0.39, 0.29) is 24.0 Å². The van der Waals surface area contributed by atoms with E-state index in [1.807, 2.05) is 30.3 Å². The molecule has 1 fully saturated rings. The fraction of sp³-hybridized carbons (Fsp3) is 0.261. The van der Waals surface area contributed by atoms with E-state index in [9.17, 15) is 14.9 Å². The van der Waals surface area contributed by atoms with Gasteiger partial charge in [-0.2, -0.15) is 0 Å². The fourth-order valence-electron chi connectivity index (χ4n) is 4.36. The van der Waals surface area contributed by atoms with Crippen molar-refractivity contribution >= 4 is 46.4 Å². The van der Waals surface area contributed by atoms with E-state index in [1.165, 1.54) is 15.9 Å². The minimum absolute atomic E-state index is 0.0655. The predicted octanol–water partition coefficient (Wildman–Crippen LogP) is 3.20. The van der Waals surface area contributed by atoms with Crippen LogP contribution in [0, 0.1) is 11.2 Å². The minimum atomic E-state index is -0.366. The largest absolute Gasteiger partial charge is 0.370 e. The van der Waals surface area contributed by atoms with Crippen molar-refractivity contribution in [3.63, 3.8) is 0 Å². The number of nitrogens with one attached hydrogen (secondary N) is 1. The molecule has 3 aromatic heterocycles. The van der Waals surface area contributed by atoms with Crippen molar-refractivity contribution in [2.24, 2.45) is 7.05 Å². The highest BCUT2D eigenvalue weighted by molar-refractivity contribution is 7.12. The van der Waals surface area contributed by atoms with Crippen molar-refractivity contribution in [3.05, 3.63) is 64.3 Å². The molecule has 34 heavy (non-hydrogen) atoms. The van der Waals surface area contributed by atoms with Gasteiger partial charge in [0.25, 0.3) is 12.6 Å². The molecule has 4 heterocycles. The zero-order valence-corrected chi connectivity index (χ0v) is 19.5. The summed E-state index contributed by atoms with van der Waals surface area (Å²) in [6.07, 6.45) is 5.92. The lowest BCUT2D eigenvalue weighted by Gasteiger charge is -2.25. The third kappa shape index (κ3) is 3.97. The minimum Gasteiger partial charge on any atom is -0.370 e. The maximum atomic E-state index is 13.1. The molecule has 1 saturated heterocycles. The summed E-state index contributed by atoms with van der Waals surface area (Å²) in [5.74, 6) is 2.01. The number of nitrogens with zero attached hydrogens (tertiary/aromatic N) is 6. The number of pyridine rings is 1. The normalized spacial score (nSPS) is 14.1. The van der Waals surface area contributed by atoms with Gasteiger partial charge < -0.3 is 10.2 Å². The molecule has 0 aliphatic carbocycles. The molecule has 4 aromatic rings. The van der Waals surface area contributed by atoms with Crippen LogP contribution < -0.4 is 15.9 Å². The average Bonchev–Trinajstić information content (AvgIpc) is 3.34. The Morgan fingerprint density at radius 2 is 2.03 bits per heavy atom. The number of amides is 1. The average molecular weight is 471 g/mol. The number of aromatic nitrogens is 4. The molecular weight excluding hydrogens is 449 g/mol. The first kappa shape index (κ1) is 21.9. The lowest BCUT2D eigenvalue weighted by Crippen LogP contribution is -2.26. The first-order valence-electron chi connectivity index (χ1n) is 11.1. The van der Waals surface area contributed by atoms with E-state index in [1.54, 1.807) is 29.4 Å². The summed E-state index contributed by atoms with van der Waals surface area (Å²) in [5, 5.41) is 14.3. The molecule has 11 heteroatoms. The van der Waals surface area contributed by atoms with E-state index in [4.69, 9.17) is 0 Å². The Morgan fingerprint density at radius 3 is 2.85 bits per heavy atom. The Kier molecular flexibility index (Phi) is 5.90. The number of rotatable bonds is 4. The Hall–Kier alpha value is -3.91. The molecule has 1 N–H and O–H groups in total. The first-order valence-corrected chi connectivity index (χ1v) is 12.0. The van der Waals surface area contributed by atoms with Gasteiger partial charge in [-0.1, -0.05) is 18.5 Å². The lowest BCUT2D eigenvalue weighted by atomic mass is 9.46. The molecular formula is C23H22BN7O2S. The van der Waals surface area contributed by atoms with Crippen LogP contribution in [-0.2, 0) is 7.05 Å². The van der Waals surface area contributed by atoms with Gasteiger partial charge in [-0.3, -0.25) is 14.3 Å². The molecule has 1 aliphatic rings. The highest BCUT2D eigenvalue weighted by atomic mass is 32.1. The summed E-state index contributed by atoms with van der Waals surface area (Å²) in [6.45, 7) is 1.63. The number of aryl methyl sites for hydroxylation is 1. The van der Waals surface area contributed by atoms with Crippen molar-refractivity contribution in [1.29, 1.82) is 5.26 Å². The van der Waals surface area contributed by atoms with Crippen LogP contribution in [0.4, 0.5) is 11.4 Å². The SMILES string of the molecule is Cn1c(=O)n(-c2nc(C(=O)Nc3cnccc3N3CCCB(C#N)CC3)cs2)c2ccccc21. The van der Waals surface area contributed by atoms with Gasteiger partial charge in [0.1, 0.15) is 5.69 Å². The van der Waals surface area contributed by atoms with Gasteiger partial charge in [-0.15, -0.1) is 11.3 Å². The number of imidazole rings is 1. The Morgan fingerprint density at radius 1 is 1.21 bits per heavy atom. The molecule has 1 aromatic carbocycles. The maximum absolute atomic E-state index is 13.1. The van der Waals surface area contributed by atoms with E-state index in [0.717, 1.165) is 48.9 Å². The number of fused-ring (bicyclic) bond motifs is 1. The number of nitriles is 1. The number of hydrogen-bond donors (Lipinski definition) is 1. The van der Waals surface area contributed by atoms with Crippen LogP contribution in [0.1, 0.15) is 16.9 Å². The quantitative estimate of drug-likeness (QED) is 0.458. The van der Waals surface area contributed by atoms with Crippen LogP contribution in [0.3, 0.4) is 0 Å². The van der Waals surface area contributed by atoms with E-state index < -0.39 is 0 Å². The number of hydrogen-bond acceptors (Lipinski definition) is 7. The van der Waals surface area contributed by atoms with Crippen LogP contribution in [0.25, 0.3) is 16.2 Å². The lowest BCUT2D eigenvalue weighted by molar-refractivity contribution is 0.102. The van der Waals surface area contributed by atoms with E-state index in [0.29, 0.717) is 10.8 Å².